The number of nitrogens with zero attached hydrogens (tertiary/aromatic N) is 2. The molecule has 2 heteroatoms. The Morgan fingerprint density at radius 3 is 2.71 bits per heavy atom. The summed E-state index contributed by atoms with van der Waals surface area (Å²) in [7, 11) is 0. The van der Waals surface area contributed by atoms with Crippen molar-refractivity contribution in [3.8, 4) is 0 Å². The Hall–Kier alpha value is -0.0800. The zero-order valence-electron chi connectivity index (χ0n) is 11.4. The van der Waals surface area contributed by atoms with Crippen molar-refractivity contribution >= 4 is 0 Å². The molecular weight excluding hydrogens is 208 g/mol. The normalized spacial score (nSPS) is 38.3. The van der Waals surface area contributed by atoms with Crippen LogP contribution in [0.3, 0.4) is 0 Å². The Morgan fingerprint density at radius 2 is 1.82 bits per heavy atom. The van der Waals surface area contributed by atoms with Crippen LogP contribution >= 0.6 is 0 Å². The average molecular weight is 236 g/mol. The van der Waals surface area contributed by atoms with E-state index in [1.165, 1.54) is 70.9 Å². The molecule has 3 aliphatic rings. The summed E-state index contributed by atoms with van der Waals surface area (Å²) in [6.45, 7) is 5.08. The highest BCUT2D eigenvalue weighted by atomic mass is 15.4. The molecule has 0 N–H and O–H groups in total. The second-order valence-electron chi connectivity index (χ2n) is 6.28. The van der Waals surface area contributed by atoms with Crippen LogP contribution in [0, 0.1) is 0 Å². The van der Waals surface area contributed by atoms with Crippen LogP contribution in [-0.4, -0.2) is 41.1 Å². The lowest BCUT2D eigenvalue weighted by molar-refractivity contribution is -0.0256. The molecule has 0 radical (unpaired) electrons. The first kappa shape index (κ1) is 12.0. The van der Waals surface area contributed by atoms with E-state index >= 15 is 0 Å². The van der Waals surface area contributed by atoms with Gasteiger partial charge in [-0.05, 0) is 45.1 Å². The van der Waals surface area contributed by atoms with Crippen molar-refractivity contribution in [2.75, 3.05) is 13.1 Å². The van der Waals surface area contributed by atoms with E-state index < -0.39 is 0 Å². The van der Waals surface area contributed by atoms with Crippen LogP contribution in [0.1, 0.15) is 64.7 Å². The summed E-state index contributed by atoms with van der Waals surface area (Å²) in [6.07, 6.45) is 13.9. The Bertz CT molecular complexity index is 253. The highest BCUT2D eigenvalue weighted by Gasteiger charge is 2.44. The molecule has 3 rings (SSSR count). The quantitative estimate of drug-likeness (QED) is 0.692. The highest BCUT2D eigenvalue weighted by Crippen LogP contribution is 2.38. The van der Waals surface area contributed by atoms with E-state index in [1.807, 2.05) is 0 Å². The van der Waals surface area contributed by atoms with Gasteiger partial charge in [0.25, 0.3) is 0 Å². The summed E-state index contributed by atoms with van der Waals surface area (Å²) in [4.78, 5) is 5.70. The molecule has 0 spiro atoms. The van der Waals surface area contributed by atoms with Crippen molar-refractivity contribution in [3.05, 3.63) is 0 Å². The topological polar surface area (TPSA) is 6.48 Å². The lowest BCUT2D eigenvalue weighted by Gasteiger charge is -2.47. The molecule has 0 unspecified atom stereocenters. The summed E-state index contributed by atoms with van der Waals surface area (Å²) in [6, 6.07) is 1.87. The fourth-order valence-electron chi connectivity index (χ4n) is 4.42. The molecule has 3 fully saturated rings. The maximum absolute atomic E-state index is 2.86. The smallest absolute Gasteiger partial charge is 0.0627 e. The van der Waals surface area contributed by atoms with Crippen LogP contribution < -0.4 is 0 Å². The first-order valence-corrected chi connectivity index (χ1v) is 7.91. The third kappa shape index (κ3) is 2.26. The predicted octanol–water partition coefficient (Wildman–Crippen LogP) is 3.23. The van der Waals surface area contributed by atoms with Gasteiger partial charge in [-0.25, -0.2) is 0 Å². The van der Waals surface area contributed by atoms with Crippen molar-refractivity contribution < 1.29 is 0 Å². The van der Waals surface area contributed by atoms with Gasteiger partial charge >= 0.3 is 0 Å². The summed E-state index contributed by atoms with van der Waals surface area (Å²) in [5.74, 6) is 0. The Labute approximate surface area is 106 Å². The lowest BCUT2D eigenvalue weighted by atomic mass is 9.95. The van der Waals surface area contributed by atoms with Gasteiger partial charge < -0.3 is 0 Å². The third-order valence-corrected chi connectivity index (χ3v) is 5.22. The summed E-state index contributed by atoms with van der Waals surface area (Å²) in [5.41, 5.74) is 0. The molecule has 2 nitrogen and oxygen atoms in total. The minimum Gasteiger partial charge on any atom is -0.285 e. The maximum Gasteiger partial charge on any atom is 0.0627 e. The summed E-state index contributed by atoms with van der Waals surface area (Å²) >= 11 is 0. The van der Waals surface area contributed by atoms with Crippen LogP contribution in [0.2, 0.25) is 0 Å². The molecule has 0 aromatic carbocycles. The standard InChI is InChI=1S/C15H28N2/c1-2-3-4-7-13-12-14-8-5-10-16(14)15-9-6-11-17(13)15/h13-15H,2-12H2,1H3/t13-,14-,15+/m1/s1. The minimum atomic E-state index is 0.836. The SMILES string of the molecule is CCCCC[C@@H]1C[C@H]2CCCN2[C@@H]2CCCN12. The van der Waals surface area contributed by atoms with Crippen LogP contribution in [0.25, 0.3) is 0 Å². The van der Waals surface area contributed by atoms with E-state index in [9.17, 15) is 0 Å². The predicted molar refractivity (Wildman–Crippen MR) is 72.0 cm³/mol. The first-order chi connectivity index (χ1) is 8.40. The molecule has 98 valence electrons. The number of hydrogen-bond donors (Lipinski definition) is 0. The Balaban J connectivity index is 1.63. The maximum atomic E-state index is 2.86. The van der Waals surface area contributed by atoms with Gasteiger partial charge in [0, 0.05) is 18.6 Å². The highest BCUT2D eigenvalue weighted by molar-refractivity contribution is 4.97. The lowest BCUT2D eigenvalue weighted by Crippen LogP contribution is -2.57. The van der Waals surface area contributed by atoms with Gasteiger partial charge in [-0.1, -0.05) is 26.2 Å². The molecule has 3 saturated heterocycles. The van der Waals surface area contributed by atoms with Gasteiger partial charge in [0.05, 0.1) is 6.17 Å². The number of fused-ring (bicyclic) bond motifs is 3. The minimum absolute atomic E-state index is 0.836. The molecule has 17 heavy (non-hydrogen) atoms. The van der Waals surface area contributed by atoms with E-state index in [0.29, 0.717) is 0 Å². The Kier molecular flexibility index (Phi) is 3.72. The second-order valence-corrected chi connectivity index (χ2v) is 6.28. The molecule has 0 aliphatic carbocycles. The van der Waals surface area contributed by atoms with Crippen LogP contribution in [0.4, 0.5) is 0 Å². The fourth-order valence-corrected chi connectivity index (χ4v) is 4.42. The Morgan fingerprint density at radius 1 is 1.00 bits per heavy atom. The second kappa shape index (κ2) is 5.27. The molecular formula is C15H28N2. The van der Waals surface area contributed by atoms with Gasteiger partial charge in [0.1, 0.15) is 0 Å². The van der Waals surface area contributed by atoms with Crippen LogP contribution in [0.15, 0.2) is 0 Å². The number of rotatable bonds is 4. The summed E-state index contributed by atoms with van der Waals surface area (Å²) < 4.78 is 0. The van der Waals surface area contributed by atoms with Crippen molar-refractivity contribution in [3.63, 3.8) is 0 Å². The van der Waals surface area contributed by atoms with Crippen LogP contribution in [-0.2, 0) is 0 Å². The largest absolute Gasteiger partial charge is 0.285 e. The molecule has 0 aromatic heterocycles. The van der Waals surface area contributed by atoms with Gasteiger partial charge in [-0.2, -0.15) is 0 Å². The van der Waals surface area contributed by atoms with E-state index in [4.69, 9.17) is 0 Å². The van der Waals surface area contributed by atoms with E-state index in [0.717, 1.165) is 18.2 Å². The van der Waals surface area contributed by atoms with Crippen LogP contribution in [0.5, 0.6) is 0 Å². The van der Waals surface area contributed by atoms with E-state index in [1.54, 1.807) is 0 Å². The fraction of sp³-hybridized carbons (Fsp3) is 1.00. The van der Waals surface area contributed by atoms with Crippen molar-refractivity contribution in [1.29, 1.82) is 0 Å². The molecule has 0 bridgehead atoms. The zero-order valence-corrected chi connectivity index (χ0v) is 11.4. The average Bonchev–Trinajstić information content (AvgIpc) is 2.96. The molecule has 3 aliphatic heterocycles. The van der Waals surface area contributed by atoms with Gasteiger partial charge in [-0.15, -0.1) is 0 Å². The van der Waals surface area contributed by atoms with Gasteiger partial charge in [0.15, 0.2) is 0 Å². The first-order valence-electron chi connectivity index (χ1n) is 7.91. The van der Waals surface area contributed by atoms with E-state index in [-0.39, 0.29) is 0 Å². The van der Waals surface area contributed by atoms with Gasteiger partial charge in [0.2, 0.25) is 0 Å². The molecule has 3 heterocycles. The molecule has 3 atom stereocenters. The van der Waals surface area contributed by atoms with E-state index in [2.05, 4.69) is 16.7 Å². The van der Waals surface area contributed by atoms with Crippen molar-refractivity contribution in [2.24, 2.45) is 0 Å². The zero-order chi connectivity index (χ0) is 11.7. The number of hydrogen-bond acceptors (Lipinski definition) is 2. The third-order valence-electron chi connectivity index (χ3n) is 5.22. The molecule has 0 aromatic rings. The molecule has 0 amide bonds. The molecule has 0 saturated carbocycles. The van der Waals surface area contributed by atoms with Crippen molar-refractivity contribution in [2.45, 2.75) is 83.0 Å². The summed E-state index contributed by atoms with van der Waals surface area (Å²) in [5, 5.41) is 0. The van der Waals surface area contributed by atoms with Gasteiger partial charge in [-0.3, -0.25) is 9.80 Å². The van der Waals surface area contributed by atoms with Crippen molar-refractivity contribution in [1.82, 2.24) is 9.80 Å². The number of unbranched alkanes of at least 4 members (excludes halogenated alkanes) is 2. The monoisotopic (exact) mass is 236 g/mol.